The molecule has 1 N–H and O–H groups in total. The van der Waals surface area contributed by atoms with Crippen molar-refractivity contribution in [1.82, 2.24) is 4.57 Å². The summed E-state index contributed by atoms with van der Waals surface area (Å²) < 4.78 is 7.14. The molecular formula is C20H19Cl2N3O3. The molecule has 0 bridgehead atoms. The number of hydrogen-bond donors (Lipinski definition) is 1. The van der Waals surface area contributed by atoms with Crippen LogP contribution in [0.4, 0.5) is 5.69 Å². The van der Waals surface area contributed by atoms with Gasteiger partial charge in [-0.3, -0.25) is 4.79 Å². The van der Waals surface area contributed by atoms with Crippen LogP contribution < -0.4 is 4.74 Å². The molecule has 1 aromatic heterocycles. The van der Waals surface area contributed by atoms with Gasteiger partial charge in [-0.25, -0.2) is 0 Å². The van der Waals surface area contributed by atoms with Crippen molar-refractivity contribution in [1.29, 1.82) is 0 Å². The molecule has 0 spiro atoms. The van der Waals surface area contributed by atoms with Gasteiger partial charge in [0.15, 0.2) is 12.3 Å². The number of nitrogens with zero attached hydrogens (tertiary/aromatic N) is 3. The Kier molecular flexibility index (Phi) is 6.54. The van der Waals surface area contributed by atoms with E-state index in [9.17, 15) is 9.90 Å². The third kappa shape index (κ3) is 4.46. The monoisotopic (exact) mass is 419 g/mol. The second-order valence-corrected chi connectivity index (χ2v) is 7.00. The predicted molar refractivity (Wildman–Crippen MR) is 110 cm³/mol. The number of unbranched alkanes of at least 4 members (excludes halogenated alkanes) is 1. The summed E-state index contributed by atoms with van der Waals surface area (Å²) in [6.07, 6.45) is 1.91. The average Bonchev–Trinajstić information content (AvgIpc) is 2.95. The first-order chi connectivity index (χ1) is 13.5. The molecule has 1 amide bonds. The minimum absolute atomic E-state index is 0.00661. The summed E-state index contributed by atoms with van der Waals surface area (Å²) >= 11 is 11.8. The number of aromatic hydroxyl groups is 1. The molecule has 0 aliphatic heterocycles. The van der Waals surface area contributed by atoms with Crippen molar-refractivity contribution in [3.63, 3.8) is 0 Å². The Morgan fingerprint density at radius 2 is 2.00 bits per heavy atom. The van der Waals surface area contributed by atoms with Gasteiger partial charge in [-0.05, 0) is 30.7 Å². The van der Waals surface area contributed by atoms with Crippen molar-refractivity contribution in [2.75, 3.05) is 6.61 Å². The Hall–Kier alpha value is -2.57. The molecular weight excluding hydrogens is 401 g/mol. The van der Waals surface area contributed by atoms with Gasteiger partial charge in [-0.15, -0.1) is 10.2 Å². The lowest BCUT2D eigenvalue weighted by Crippen LogP contribution is -2.08. The SMILES string of the molecule is CCCCn1c(O)c(N=NC(=O)COc2ccc(Cl)cc2Cl)c2ccccc21. The number of benzene rings is 2. The fraction of sp³-hybridized carbons (Fsp3) is 0.250. The molecule has 3 aromatic rings. The van der Waals surface area contributed by atoms with Gasteiger partial charge in [-0.1, -0.05) is 54.7 Å². The first-order valence-corrected chi connectivity index (χ1v) is 9.59. The molecule has 0 radical (unpaired) electrons. The Bertz CT molecular complexity index is 1030. The molecule has 8 heteroatoms. The van der Waals surface area contributed by atoms with Gasteiger partial charge in [0.1, 0.15) is 5.75 Å². The number of aryl methyl sites for hydroxylation is 1. The van der Waals surface area contributed by atoms with Crippen LogP contribution in [0.15, 0.2) is 52.7 Å². The number of azo groups is 1. The highest BCUT2D eigenvalue weighted by molar-refractivity contribution is 6.35. The molecule has 6 nitrogen and oxygen atoms in total. The fourth-order valence-electron chi connectivity index (χ4n) is 2.78. The first-order valence-electron chi connectivity index (χ1n) is 8.84. The number of para-hydroxylation sites is 1. The lowest BCUT2D eigenvalue weighted by Gasteiger charge is -2.05. The maximum absolute atomic E-state index is 12.1. The van der Waals surface area contributed by atoms with Crippen LogP contribution in [0.5, 0.6) is 11.6 Å². The standard InChI is InChI=1S/C20H19Cl2N3O3/c1-2-3-10-25-16-7-5-4-6-14(16)19(20(25)27)24-23-18(26)12-28-17-9-8-13(21)11-15(17)22/h4-9,11,27H,2-3,10,12H2,1H3. The van der Waals surface area contributed by atoms with E-state index >= 15 is 0 Å². The molecule has 1 heterocycles. The molecule has 2 aromatic carbocycles. The molecule has 0 atom stereocenters. The highest BCUT2D eigenvalue weighted by atomic mass is 35.5. The van der Waals surface area contributed by atoms with Crippen molar-refractivity contribution < 1.29 is 14.6 Å². The van der Waals surface area contributed by atoms with Crippen LogP contribution in [0, 0.1) is 0 Å². The molecule has 0 fully saturated rings. The number of carbonyl (C=O) groups is 1. The predicted octanol–water partition coefficient (Wildman–Crippen LogP) is 6.14. The normalized spacial score (nSPS) is 11.4. The highest BCUT2D eigenvalue weighted by Gasteiger charge is 2.16. The number of halogens is 2. The molecule has 28 heavy (non-hydrogen) atoms. The number of carbonyl (C=O) groups excluding carboxylic acids is 1. The molecule has 0 unspecified atom stereocenters. The van der Waals surface area contributed by atoms with E-state index in [2.05, 4.69) is 17.2 Å². The van der Waals surface area contributed by atoms with Crippen molar-refractivity contribution in [3.05, 3.63) is 52.5 Å². The number of ether oxygens (including phenoxy) is 1. The number of fused-ring (bicyclic) bond motifs is 1. The van der Waals surface area contributed by atoms with Gasteiger partial charge in [0.05, 0.1) is 10.5 Å². The molecule has 3 rings (SSSR count). The highest BCUT2D eigenvalue weighted by Crippen LogP contribution is 2.39. The Morgan fingerprint density at radius 3 is 2.75 bits per heavy atom. The zero-order valence-corrected chi connectivity index (χ0v) is 16.7. The summed E-state index contributed by atoms with van der Waals surface area (Å²) in [6.45, 7) is 2.40. The summed E-state index contributed by atoms with van der Waals surface area (Å²) in [5.41, 5.74) is 1.11. The van der Waals surface area contributed by atoms with Crippen molar-refractivity contribution in [2.45, 2.75) is 26.3 Å². The van der Waals surface area contributed by atoms with Crippen molar-refractivity contribution in [2.24, 2.45) is 10.2 Å². The third-order valence-corrected chi connectivity index (χ3v) is 4.69. The van der Waals surface area contributed by atoms with E-state index < -0.39 is 5.91 Å². The summed E-state index contributed by atoms with van der Waals surface area (Å²) in [5.74, 6) is -0.280. The van der Waals surface area contributed by atoms with Crippen LogP contribution in [0.1, 0.15) is 19.8 Å². The van der Waals surface area contributed by atoms with Gasteiger partial charge in [0, 0.05) is 17.0 Å². The van der Waals surface area contributed by atoms with Crippen molar-refractivity contribution >= 4 is 45.7 Å². The third-order valence-electron chi connectivity index (χ3n) is 4.16. The smallest absolute Gasteiger partial charge is 0.302 e. The number of amides is 1. The van der Waals surface area contributed by atoms with Crippen LogP contribution in [0.2, 0.25) is 10.0 Å². The van der Waals surface area contributed by atoms with E-state index in [0.29, 0.717) is 22.3 Å². The molecule has 0 saturated heterocycles. The second-order valence-electron chi connectivity index (χ2n) is 6.15. The fourth-order valence-corrected chi connectivity index (χ4v) is 3.24. The van der Waals surface area contributed by atoms with Crippen molar-refractivity contribution in [3.8, 4) is 11.6 Å². The largest absolute Gasteiger partial charge is 0.493 e. The number of rotatable bonds is 7. The van der Waals surface area contributed by atoms with Gasteiger partial charge in [0.2, 0.25) is 5.88 Å². The van der Waals surface area contributed by atoms with E-state index in [1.54, 1.807) is 16.7 Å². The van der Waals surface area contributed by atoms with E-state index in [1.165, 1.54) is 6.07 Å². The summed E-state index contributed by atoms with van der Waals surface area (Å²) in [7, 11) is 0. The van der Waals surface area contributed by atoms with E-state index in [0.717, 1.165) is 23.7 Å². The van der Waals surface area contributed by atoms with Crippen LogP contribution in [-0.2, 0) is 11.3 Å². The van der Waals surface area contributed by atoms with Gasteiger partial charge in [-0.2, -0.15) is 0 Å². The van der Waals surface area contributed by atoms with E-state index in [-0.39, 0.29) is 18.2 Å². The zero-order chi connectivity index (χ0) is 20.1. The average molecular weight is 420 g/mol. The molecule has 0 aliphatic carbocycles. The molecule has 0 saturated carbocycles. The maximum Gasteiger partial charge on any atom is 0.302 e. The number of hydrogen-bond acceptors (Lipinski definition) is 4. The van der Waals surface area contributed by atoms with E-state index in [4.69, 9.17) is 27.9 Å². The topological polar surface area (TPSA) is 76.2 Å². The van der Waals surface area contributed by atoms with Crippen LogP contribution in [-0.4, -0.2) is 22.2 Å². The minimum atomic E-state index is -0.601. The summed E-state index contributed by atoms with van der Waals surface area (Å²) in [6, 6.07) is 12.2. The maximum atomic E-state index is 12.1. The zero-order valence-electron chi connectivity index (χ0n) is 15.2. The van der Waals surface area contributed by atoms with Gasteiger partial charge in [0.25, 0.3) is 0 Å². The lowest BCUT2D eigenvalue weighted by atomic mass is 10.2. The van der Waals surface area contributed by atoms with Gasteiger partial charge < -0.3 is 14.4 Å². The van der Waals surface area contributed by atoms with Crippen LogP contribution in [0.3, 0.4) is 0 Å². The minimum Gasteiger partial charge on any atom is -0.493 e. The Balaban J connectivity index is 1.77. The Labute approximate surface area is 172 Å². The van der Waals surface area contributed by atoms with E-state index in [1.807, 2.05) is 24.3 Å². The molecule has 146 valence electrons. The summed E-state index contributed by atoms with van der Waals surface area (Å²) in [4.78, 5) is 12.1. The second kappa shape index (κ2) is 9.08. The van der Waals surface area contributed by atoms with Crippen LogP contribution in [0.25, 0.3) is 10.9 Å². The van der Waals surface area contributed by atoms with Crippen LogP contribution >= 0.6 is 23.2 Å². The quantitative estimate of drug-likeness (QED) is 0.466. The first kappa shape index (κ1) is 20.2. The molecule has 0 aliphatic rings. The summed E-state index contributed by atoms with van der Waals surface area (Å²) in [5, 5.41) is 19.7. The lowest BCUT2D eigenvalue weighted by molar-refractivity contribution is -0.120. The van der Waals surface area contributed by atoms with Gasteiger partial charge >= 0.3 is 5.91 Å². The Morgan fingerprint density at radius 1 is 1.21 bits per heavy atom. The number of aromatic nitrogens is 1.